The molecule has 0 amide bonds. The molecule has 2 aromatic heterocycles. The summed E-state index contributed by atoms with van der Waals surface area (Å²) in [5.41, 5.74) is -0.445. The fraction of sp³-hybridized carbons (Fsp3) is 0.630. The van der Waals surface area contributed by atoms with E-state index in [1.54, 1.807) is 18.2 Å². The minimum Gasteiger partial charge on any atom is -0.299 e. The van der Waals surface area contributed by atoms with E-state index in [1.165, 1.54) is 30.5 Å². The van der Waals surface area contributed by atoms with Crippen molar-refractivity contribution in [1.29, 1.82) is 0 Å². The highest BCUT2D eigenvalue weighted by Crippen LogP contribution is 2.57. The van der Waals surface area contributed by atoms with E-state index in [-0.39, 0.29) is 39.7 Å². The van der Waals surface area contributed by atoms with Gasteiger partial charge in [-0.1, -0.05) is 44.0 Å². The zero-order chi connectivity index (χ0) is 26.6. The topological polar surface area (TPSA) is 54.7 Å². The lowest BCUT2D eigenvalue weighted by atomic mass is 9.80. The van der Waals surface area contributed by atoms with Crippen molar-refractivity contribution in [3.8, 4) is 0 Å². The quantitative estimate of drug-likeness (QED) is 0.291. The molecule has 3 aliphatic rings. The molecule has 5 nitrogen and oxygen atoms in total. The van der Waals surface area contributed by atoms with E-state index in [1.807, 2.05) is 0 Å². The molecule has 0 N–H and O–H groups in total. The molecule has 0 saturated heterocycles. The SMILES string of the molecule is CCC(CC(C)CN(CC(C)=O)S(=O)c1nn2c(C(F)(F)F)cc(C3C=C3)cc2c1Cl)C1CC2CC2C1. The molecule has 5 unspecified atom stereocenters. The fourth-order valence-electron chi connectivity index (χ4n) is 6.24. The summed E-state index contributed by atoms with van der Waals surface area (Å²) in [4.78, 5) is 12.1. The van der Waals surface area contributed by atoms with Gasteiger partial charge in [-0.3, -0.25) is 4.79 Å². The van der Waals surface area contributed by atoms with Crippen molar-refractivity contribution in [1.82, 2.24) is 13.9 Å². The molecule has 0 bridgehead atoms. The molecule has 37 heavy (non-hydrogen) atoms. The van der Waals surface area contributed by atoms with Gasteiger partial charge in [-0.15, -0.1) is 0 Å². The lowest BCUT2D eigenvalue weighted by molar-refractivity contribution is -0.142. The van der Waals surface area contributed by atoms with Crippen LogP contribution in [0.4, 0.5) is 13.2 Å². The van der Waals surface area contributed by atoms with Crippen molar-refractivity contribution < 1.29 is 22.2 Å². The van der Waals surface area contributed by atoms with Gasteiger partial charge in [-0.05, 0) is 79.9 Å². The summed E-state index contributed by atoms with van der Waals surface area (Å²) in [7, 11) is -2.00. The number of fused-ring (bicyclic) bond motifs is 2. The second-order valence-electron chi connectivity index (χ2n) is 11.3. The number of nitrogens with zero attached hydrogens (tertiary/aromatic N) is 3. The van der Waals surface area contributed by atoms with Gasteiger partial charge in [0, 0.05) is 12.5 Å². The minimum absolute atomic E-state index is 0.0604. The first-order valence-corrected chi connectivity index (χ1v) is 14.6. The first kappa shape index (κ1) is 26.9. The van der Waals surface area contributed by atoms with Gasteiger partial charge < -0.3 is 0 Å². The molecule has 202 valence electrons. The Balaban J connectivity index is 1.39. The molecule has 0 aromatic carbocycles. The van der Waals surface area contributed by atoms with E-state index in [2.05, 4.69) is 18.9 Å². The summed E-state index contributed by atoms with van der Waals surface area (Å²) >= 11 is 6.52. The summed E-state index contributed by atoms with van der Waals surface area (Å²) in [5, 5.41) is 3.85. The Hall–Kier alpha value is -1.71. The number of ketones is 1. The molecule has 0 aliphatic heterocycles. The number of halogens is 4. The largest absolute Gasteiger partial charge is 0.433 e. The molecular formula is C27H33ClF3N3O2S. The normalized spacial score (nSPS) is 25.5. The third-order valence-electron chi connectivity index (χ3n) is 8.22. The van der Waals surface area contributed by atoms with Gasteiger partial charge in [0.25, 0.3) is 0 Å². The fourth-order valence-corrected chi connectivity index (χ4v) is 7.95. The number of allylic oxidation sites excluding steroid dienone is 2. The summed E-state index contributed by atoms with van der Waals surface area (Å²) in [6.07, 6.45) is 4.95. The molecule has 2 saturated carbocycles. The van der Waals surface area contributed by atoms with Gasteiger partial charge in [0.15, 0.2) is 16.0 Å². The Morgan fingerprint density at radius 3 is 2.49 bits per heavy atom. The van der Waals surface area contributed by atoms with Gasteiger partial charge in [0.2, 0.25) is 0 Å². The van der Waals surface area contributed by atoms with E-state index in [0.717, 1.165) is 41.2 Å². The highest BCUT2D eigenvalue weighted by Gasteiger charge is 2.47. The number of hydrogen-bond acceptors (Lipinski definition) is 3. The number of Topliss-reactive ketones (excluding diaryl/α,β-unsaturated/α-hetero) is 1. The molecule has 5 atom stereocenters. The Kier molecular flexibility index (Phi) is 7.35. The van der Waals surface area contributed by atoms with E-state index in [4.69, 9.17) is 11.6 Å². The van der Waals surface area contributed by atoms with Gasteiger partial charge in [-0.25, -0.2) is 13.0 Å². The monoisotopic (exact) mass is 555 g/mol. The predicted molar refractivity (Wildman–Crippen MR) is 138 cm³/mol. The molecule has 0 radical (unpaired) electrons. The van der Waals surface area contributed by atoms with Crippen molar-refractivity contribution >= 4 is 33.9 Å². The van der Waals surface area contributed by atoms with Gasteiger partial charge >= 0.3 is 6.18 Å². The third-order valence-corrected chi connectivity index (χ3v) is 10.1. The molecule has 2 heterocycles. The van der Waals surface area contributed by atoms with Crippen LogP contribution >= 0.6 is 11.6 Å². The predicted octanol–water partition coefficient (Wildman–Crippen LogP) is 6.67. The second kappa shape index (κ2) is 10.1. The summed E-state index contributed by atoms with van der Waals surface area (Å²) < 4.78 is 57.6. The maximum Gasteiger partial charge on any atom is 0.433 e. The van der Waals surface area contributed by atoms with Crippen molar-refractivity contribution in [2.45, 2.75) is 70.0 Å². The second-order valence-corrected chi connectivity index (χ2v) is 13.0. The number of carbonyl (C=O) groups is 1. The van der Waals surface area contributed by atoms with Gasteiger partial charge in [0.1, 0.15) is 16.5 Å². The van der Waals surface area contributed by atoms with Crippen LogP contribution in [0.1, 0.15) is 70.1 Å². The van der Waals surface area contributed by atoms with Gasteiger partial charge in [-0.2, -0.15) is 18.3 Å². The first-order chi connectivity index (χ1) is 17.5. The van der Waals surface area contributed by atoms with Gasteiger partial charge in [0.05, 0.1) is 12.1 Å². The molecule has 3 aliphatic carbocycles. The Bertz CT molecular complexity index is 1240. The summed E-state index contributed by atoms with van der Waals surface area (Å²) in [6, 6.07) is 2.62. The molecule has 2 aromatic rings. The molecule has 2 fully saturated rings. The van der Waals surface area contributed by atoms with Crippen molar-refractivity contribution in [3.05, 3.63) is 40.6 Å². The highest BCUT2D eigenvalue weighted by atomic mass is 35.5. The van der Waals surface area contributed by atoms with Crippen LogP contribution in [0.5, 0.6) is 0 Å². The van der Waals surface area contributed by atoms with Crippen LogP contribution in [0.2, 0.25) is 5.02 Å². The van der Waals surface area contributed by atoms with Crippen molar-refractivity contribution in [3.63, 3.8) is 0 Å². The van der Waals surface area contributed by atoms with Crippen LogP contribution in [0.25, 0.3) is 5.52 Å². The lowest BCUT2D eigenvalue weighted by Crippen LogP contribution is -2.35. The van der Waals surface area contributed by atoms with Crippen molar-refractivity contribution in [2.75, 3.05) is 13.1 Å². The van der Waals surface area contributed by atoms with Crippen molar-refractivity contribution in [2.24, 2.45) is 29.6 Å². The average molecular weight is 556 g/mol. The number of aromatic nitrogens is 2. The molecular weight excluding hydrogens is 523 g/mol. The molecule has 10 heteroatoms. The first-order valence-electron chi connectivity index (χ1n) is 13.1. The minimum atomic E-state index is -4.67. The number of hydrogen-bond donors (Lipinski definition) is 0. The number of alkyl halides is 3. The van der Waals surface area contributed by atoms with E-state index >= 15 is 0 Å². The number of carbonyl (C=O) groups excluding carboxylic acids is 1. The van der Waals surface area contributed by atoms with Crippen LogP contribution in [0.15, 0.2) is 29.3 Å². The maximum atomic E-state index is 13.9. The Morgan fingerprint density at radius 1 is 1.24 bits per heavy atom. The van der Waals surface area contributed by atoms with Crippen LogP contribution < -0.4 is 0 Å². The van der Waals surface area contributed by atoms with Crippen LogP contribution in [0, 0.1) is 29.6 Å². The average Bonchev–Trinajstić information content (AvgIpc) is 3.75. The highest BCUT2D eigenvalue weighted by molar-refractivity contribution is 7.82. The summed E-state index contributed by atoms with van der Waals surface area (Å²) in [6.45, 7) is 6.00. The zero-order valence-corrected chi connectivity index (χ0v) is 22.9. The number of rotatable bonds is 11. The Labute approximate surface area is 223 Å². The van der Waals surface area contributed by atoms with Crippen LogP contribution in [0.3, 0.4) is 0 Å². The smallest absolute Gasteiger partial charge is 0.299 e. The summed E-state index contributed by atoms with van der Waals surface area (Å²) in [5.74, 6) is 2.93. The standard InChI is InChI=1S/C27H33ClF3N3O2S/c1-4-17(19-8-20-10-21(20)9-19)7-15(2)13-33(14-16(3)35)37(36)26-25(28)23-11-22(18-5-6-18)12-24(27(29,30)31)34(23)32-26/h5-6,11-12,15,17-21H,4,7-10,13-14H2,1-3H3. The van der Waals surface area contributed by atoms with E-state index in [0.29, 0.717) is 18.0 Å². The van der Waals surface area contributed by atoms with E-state index < -0.39 is 22.9 Å². The molecule has 0 spiro atoms. The Morgan fingerprint density at radius 2 is 1.92 bits per heavy atom. The van der Waals surface area contributed by atoms with Crippen LogP contribution in [-0.2, 0) is 22.0 Å². The lowest BCUT2D eigenvalue weighted by Gasteiger charge is -2.29. The zero-order valence-electron chi connectivity index (χ0n) is 21.3. The third kappa shape index (κ3) is 5.69. The molecule has 5 rings (SSSR count). The van der Waals surface area contributed by atoms with Crippen LogP contribution in [-0.4, -0.2) is 37.0 Å². The van der Waals surface area contributed by atoms with E-state index in [9.17, 15) is 22.2 Å². The number of pyridine rings is 1. The maximum absolute atomic E-state index is 13.9.